The van der Waals surface area contributed by atoms with Crippen LogP contribution in [0.15, 0.2) is 65.1 Å². The lowest BCUT2D eigenvalue weighted by Gasteiger charge is -2.30. The van der Waals surface area contributed by atoms with Crippen LogP contribution in [0.5, 0.6) is 0 Å². The van der Waals surface area contributed by atoms with E-state index in [9.17, 15) is 40.3 Å². The summed E-state index contributed by atoms with van der Waals surface area (Å²) in [7, 11) is 0. The maximum atomic E-state index is 14.3. The third kappa shape index (κ3) is 4.58. The number of nitrogens with one attached hydrogen (secondary N) is 1. The average molecular weight is 589 g/mol. The number of carbonyl (C=O) groups is 2. The summed E-state index contributed by atoms with van der Waals surface area (Å²) < 4.78 is 92.3. The van der Waals surface area contributed by atoms with Crippen molar-refractivity contribution in [3.8, 4) is 0 Å². The molecule has 0 aliphatic carbocycles. The maximum absolute atomic E-state index is 14.3. The summed E-state index contributed by atoms with van der Waals surface area (Å²) in [4.78, 5) is 27.2. The first kappa shape index (κ1) is 26.6. The molecular weight excluding hydrogens is 573 g/mol. The highest BCUT2D eigenvalue weighted by Gasteiger charge is 2.73. The van der Waals surface area contributed by atoms with Gasteiger partial charge in [-0.1, -0.05) is 30.3 Å². The van der Waals surface area contributed by atoms with E-state index < -0.39 is 34.0 Å². The van der Waals surface area contributed by atoms with E-state index in [1.54, 1.807) is 31.2 Å². The Balaban J connectivity index is 1.61. The predicted octanol–water partition coefficient (Wildman–Crippen LogP) is 7.46. The zero-order valence-electron chi connectivity index (χ0n) is 18.8. The topological polar surface area (TPSA) is 49.4 Å². The van der Waals surface area contributed by atoms with Crippen LogP contribution >= 0.6 is 15.9 Å². The molecule has 0 saturated carbocycles. The molecule has 4 rings (SSSR count). The smallest absolute Gasteiger partial charge is 0.321 e. The number of hydrogen-bond acceptors (Lipinski definition) is 2. The van der Waals surface area contributed by atoms with Crippen LogP contribution in [0.4, 0.5) is 42.1 Å². The van der Waals surface area contributed by atoms with Crippen molar-refractivity contribution < 1.29 is 40.3 Å². The van der Waals surface area contributed by atoms with Gasteiger partial charge in [0.05, 0.1) is 12.2 Å². The van der Waals surface area contributed by atoms with Gasteiger partial charge in [-0.2, -0.15) is 26.3 Å². The minimum atomic E-state index is -6.26. The highest BCUT2D eigenvalue weighted by molar-refractivity contribution is 9.10. The first-order chi connectivity index (χ1) is 17.1. The second-order valence-electron chi connectivity index (χ2n) is 8.35. The lowest BCUT2D eigenvalue weighted by molar-refractivity contribution is -0.348. The third-order valence-corrected chi connectivity index (χ3v) is 6.64. The van der Waals surface area contributed by atoms with E-state index in [0.717, 1.165) is 11.6 Å². The number of nitrogens with zero attached hydrogens (tertiary/aromatic N) is 1. The SMILES string of the molecule is Cc1ccc(C(=O)Nc2ccc(C(F)(C(F)(F)F)C(F)(F)F)cc2Br)cc1N1Cc2ccccc2C1=O. The minimum Gasteiger partial charge on any atom is -0.321 e. The lowest BCUT2D eigenvalue weighted by atomic mass is 9.94. The Morgan fingerprint density at radius 3 is 2.16 bits per heavy atom. The Morgan fingerprint density at radius 2 is 1.57 bits per heavy atom. The molecule has 37 heavy (non-hydrogen) atoms. The predicted molar refractivity (Wildman–Crippen MR) is 125 cm³/mol. The van der Waals surface area contributed by atoms with Crippen LogP contribution in [0.2, 0.25) is 0 Å². The molecule has 0 unspecified atom stereocenters. The van der Waals surface area contributed by atoms with Crippen molar-refractivity contribution in [1.29, 1.82) is 0 Å². The Bertz CT molecular complexity index is 1390. The summed E-state index contributed by atoms with van der Waals surface area (Å²) in [5.41, 5.74) is -4.91. The Labute approximate surface area is 214 Å². The molecular formula is C25H16BrF7N2O2. The molecule has 1 aliphatic rings. The van der Waals surface area contributed by atoms with Gasteiger partial charge in [-0.05, 0) is 64.3 Å². The van der Waals surface area contributed by atoms with Crippen molar-refractivity contribution in [2.24, 2.45) is 0 Å². The molecule has 0 radical (unpaired) electrons. The van der Waals surface area contributed by atoms with Gasteiger partial charge < -0.3 is 10.2 Å². The Kier molecular flexibility index (Phi) is 6.60. The molecule has 0 saturated heterocycles. The van der Waals surface area contributed by atoms with Crippen LogP contribution in [0, 0.1) is 6.92 Å². The largest absolute Gasteiger partial charge is 0.435 e. The number of aryl methyl sites for hydroxylation is 1. The second kappa shape index (κ2) is 9.16. The highest BCUT2D eigenvalue weighted by Crippen LogP contribution is 2.53. The fourth-order valence-electron chi connectivity index (χ4n) is 4.00. The van der Waals surface area contributed by atoms with Crippen LogP contribution < -0.4 is 10.2 Å². The van der Waals surface area contributed by atoms with Gasteiger partial charge in [-0.25, -0.2) is 4.39 Å². The molecule has 1 heterocycles. The molecule has 0 spiro atoms. The molecule has 0 fully saturated rings. The third-order valence-electron chi connectivity index (χ3n) is 5.98. The van der Waals surface area contributed by atoms with E-state index in [0.29, 0.717) is 28.9 Å². The van der Waals surface area contributed by atoms with Gasteiger partial charge in [0, 0.05) is 26.9 Å². The number of carbonyl (C=O) groups excluding carboxylic acids is 2. The number of rotatable bonds is 4. The van der Waals surface area contributed by atoms with Crippen molar-refractivity contribution in [1.82, 2.24) is 0 Å². The fraction of sp³-hybridized carbons (Fsp3) is 0.200. The highest BCUT2D eigenvalue weighted by atomic mass is 79.9. The van der Waals surface area contributed by atoms with Crippen molar-refractivity contribution in [3.63, 3.8) is 0 Å². The number of hydrogen-bond donors (Lipinski definition) is 1. The van der Waals surface area contributed by atoms with Crippen LogP contribution in [0.25, 0.3) is 0 Å². The van der Waals surface area contributed by atoms with E-state index in [4.69, 9.17) is 0 Å². The van der Waals surface area contributed by atoms with Crippen LogP contribution in [-0.4, -0.2) is 24.2 Å². The standard InChI is InChI=1S/C25H16BrF7N2O2/c1-13-6-7-14(10-20(13)35-12-15-4-2-3-5-17(15)22(35)37)21(36)34-19-9-8-16(11-18(19)26)23(27,24(28,29)30)25(31,32)33/h2-11H,12H2,1H3,(H,34,36). The number of alkyl halides is 7. The summed E-state index contributed by atoms with van der Waals surface area (Å²) in [5.74, 6) is -1.00. The van der Waals surface area contributed by atoms with Gasteiger partial charge in [0.1, 0.15) is 0 Å². The molecule has 4 nitrogen and oxygen atoms in total. The molecule has 1 aliphatic heterocycles. The molecule has 194 valence electrons. The van der Waals surface area contributed by atoms with Crippen molar-refractivity contribution in [2.75, 3.05) is 10.2 Å². The molecule has 3 aromatic rings. The summed E-state index contributed by atoms with van der Waals surface area (Å²) in [6.07, 6.45) is -12.5. The molecule has 1 N–H and O–H groups in total. The van der Waals surface area contributed by atoms with Gasteiger partial charge in [0.25, 0.3) is 11.8 Å². The van der Waals surface area contributed by atoms with Gasteiger partial charge in [0.15, 0.2) is 0 Å². The lowest BCUT2D eigenvalue weighted by Crippen LogP contribution is -2.50. The van der Waals surface area contributed by atoms with Crippen molar-refractivity contribution >= 4 is 39.1 Å². The Morgan fingerprint density at radius 1 is 0.919 bits per heavy atom. The molecule has 0 atom stereocenters. The van der Waals surface area contributed by atoms with Gasteiger partial charge in [-0.15, -0.1) is 0 Å². The summed E-state index contributed by atoms with van der Waals surface area (Å²) in [6, 6.07) is 12.9. The molecule has 0 bridgehead atoms. The first-order valence-corrected chi connectivity index (χ1v) is 11.4. The zero-order valence-corrected chi connectivity index (χ0v) is 20.4. The van der Waals surface area contributed by atoms with E-state index in [1.807, 2.05) is 6.07 Å². The van der Waals surface area contributed by atoms with Crippen LogP contribution in [-0.2, 0) is 12.2 Å². The normalized spacial score (nSPS) is 14.1. The maximum Gasteiger partial charge on any atom is 0.435 e. The summed E-state index contributed by atoms with van der Waals surface area (Å²) in [5, 5.41) is 2.37. The summed E-state index contributed by atoms with van der Waals surface area (Å²) >= 11 is 2.81. The van der Waals surface area contributed by atoms with E-state index in [2.05, 4.69) is 21.2 Å². The average Bonchev–Trinajstić information content (AvgIpc) is 3.15. The fourth-order valence-corrected chi connectivity index (χ4v) is 4.48. The van der Waals surface area contributed by atoms with Gasteiger partial charge >= 0.3 is 18.0 Å². The van der Waals surface area contributed by atoms with Crippen molar-refractivity contribution in [3.05, 3.63) is 93.0 Å². The zero-order chi connectivity index (χ0) is 27.3. The first-order valence-electron chi connectivity index (χ1n) is 10.6. The Hall–Kier alpha value is -3.41. The van der Waals surface area contributed by atoms with Gasteiger partial charge in [0.2, 0.25) is 0 Å². The van der Waals surface area contributed by atoms with Gasteiger partial charge in [-0.3, -0.25) is 9.59 Å². The number of anilines is 2. The summed E-state index contributed by atoms with van der Waals surface area (Å²) in [6.45, 7) is 2.03. The number of halogens is 8. The van der Waals surface area contributed by atoms with Crippen molar-refractivity contribution in [2.45, 2.75) is 31.5 Å². The quantitative estimate of drug-likeness (QED) is 0.322. The molecule has 2 amide bonds. The molecule has 0 aromatic heterocycles. The second-order valence-corrected chi connectivity index (χ2v) is 9.21. The van der Waals surface area contributed by atoms with E-state index in [1.165, 1.54) is 17.0 Å². The minimum absolute atomic E-state index is 0.0748. The molecule has 3 aromatic carbocycles. The monoisotopic (exact) mass is 588 g/mol. The number of benzene rings is 3. The number of amides is 2. The van der Waals surface area contributed by atoms with Crippen LogP contribution in [0.1, 0.15) is 37.4 Å². The number of fused-ring (bicyclic) bond motifs is 1. The van der Waals surface area contributed by atoms with Crippen LogP contribution in [0.3, 0.4) is 0 Å². The molecule has 12 heteroatoms. The van der Waals surface area contributed by atoms with E-state index in [-0.39, 0.29) is 23.7 Å². The van der Waals surface area contributed by atoms with E-state index >= 15 is 0 Å².